The standard InChI is InChI=1S/C16H20N6/c1-3-5-9-22-15-13-21(8-4-2)18-12-14(15)19-16(22)20-10-6-17-7-11-20/h2,12-13,16-17H,6-11H2,1H3. The fourth-order valence-corrected chi connectivity index (χ4v) is 2.78. The average molecular weight is 296 g/mol. The molecule has 0 spiro atoms. The molecular formula is C16H20N6. The second-order valence-electron chi connectivity index (χ2n) is 5.26. The molecule has 22 heavy (non-hydrogen) atoms. The normalized spacial score (nSPS) is 24.1. The Morgan fingerprint density at radius 1 is 1.36 bits per heavy atom. The molecule has 0 aromatic heterocycles. The van der Waals surface area contributed by atoms with Crippen LogP contribution in [-0.2, 0) is 0 Å². The van der Waals surface area contributed by atoms with E-state index in [2.05, 4.69) is 38.0 Å². The molecule has 0 aromatic rings. The van der Waals surface area contributed by atoms with Crippen LogP contribution in [0, 0.1) is 24.2 Å². The van der Waals surface area contributed by atoms with Gasteiger partial charge in [0.15, 0.2) is 6.29 Å². The molecule has 0 radical (unpaired) electrons. The predicted molar refractivity (Wildman–Crippen MR) is 87.9 cm³/mol. The van der Waals surface area contributed by atoms with Gasteiger partial charge < -0.3 is 10.2 Å². The van der Waals surface area contributed by atoms with E-state index in [-0.39, 0.29) is 6.29 Å². The van der Waals surface area contributed by atoms with Crippen LogP contribution >= 0.6 is 0 Å². The number of terminal acetylenes is 1. The lowest BCUT2D eigenvalue weighted by molar-refractivity contribution is 0.0832. The van der Waals surface area contributed by atoms with Gasteiger partial charge in [-0.1, -0.05) is 11.8 Å². The first-order valence-corrected chi connectivity index (χ1v) is 7.48. The first-order chi connectivity index (χ1) is 10.8. The second-order valence-corrected chi connectivity index (χ2v) is 5.26. The summed E-state index contributed by atoms with van der Waals surface area (Å²) >= 11 is 0. The maximum absolute atomic E-state index is 5.38. The van der Waals surface area contributed by atoms with Crippen LogP contribution in [0.4, 0.5) is 0 Å². The van der Waals surface area contributed by atoms with E-state index in [1.54, 1.807) is 11.2 Å². The smallest absolute Gasteiger partial charge is 0.180 e. The summed E-state index contributed by atoms with van der Waals surface area (Å²) in [6.45, 7) is 6.92. The summed E-state index contributed by atoms with van der Waals surface area (Å²) < 4.78 is 0. The van der Waals surface area contributed by atoms with Gasteiger partial charge in [0.05, 0.1) is 24.7 Å². The molecule has 3 rings (SSSR count). The van der Waals surface area contributed by atoms with E-state index in [9.17, 15) is 0 Å². The van der Waals surface area contributed by atoms with Crippen molar-refractivity contribution in [3.05, 3.63) is 11.9 Å². The SMILES string of the molecule is C#CCN1C=C2C(=NC(N3CCNCC3)N2CC#CC)C=N1. The van der Waals surface area contributed by atoms with Gasteiger partial charge in [0, 0.05) is 26.2 Å². The molecule has 0 amide bonds. The van der Waals surface area contributed by atoms with Gasteiger partial charge in [-0.25, -0.2) is 4.99 Å². The van der Waals surface area contributed by atoms with E-state index in [4.69, 9.17) is 11.4 Å². The molecule has 1 saturated heterocycles. The quantitative estimate of drug-likeness (QED) is 0.729. The molecule has 6 heteroatoms. The lowest BCUT2D eigenvalue weighted by Gasteiger charge is -2.36. The van der Waals surface area contributed by atoms with Gasteiger partial charge in [-0.2, -0.15) is 5.10 Å². The van der Waals surface area contributed by atoms with Crippen LogP contribution in [0.5, 0.6) is 0 Å². The van der Waals surface area contributed by atoms with Crippen LogP contribution in [0.2, 0.25) is 0 Å². The van der Waals surface area contributed by atoms with Crippen LogP contribution in [-0.4, -0.2) is 72.3 Å². The fraction of sp³-hybridized carbons (Fsp3) is 0.500. The Morgan fingerprint density at radius 2 is 2.18 bits per heavy atom. The van der Waals surface area contributed by atoms with Crippen molar-refractivity contribution in [2.75, 3.05) is 39.3 Å². The Labute approximate surface area is 131 Å². The summed E-state index contributed by atoms with van der Waals surface area (Å²) in [4.78, 5) is 9.44. The van der Waals surface area contributed by atoms with E-state index in [1.807, 2.05) is 13.1 Å². The number of rotatable bonds is 3. The molecule has 0 aliphatic carbocycles. The van der Waals surface area contributed by atoms with Gasteiger partial charge in [0.2, 0.25) is 0 Å². The Balaban J connectivity index is 1.85. The third kappa shape index (κ3) is 2.85. The van der Waals surface area contributed by atoms with Crippen molar-refractivity contribution in [1.29, 1.82) is 0 Å². The van der Waals surface area contributed by atoms with E-state index < -0.39 is 0 Å². The molecule has 114 valence electrons. The van der Waals surface area contributed by atoms with Crippen molar-refractivity contribution in [2.24, 2.45) is 10.1 Å². The van der Waals surface area contributed by atoms with Crippen molar-refractivity contribution in [1.82, 2.24) is 20.1 Å². The summed E-state index contributed by atoms with van der Waals surface area (Å²) in [7, 11) is 0. The minimum absolute atomic E-state index is 0.00133. The average Bonchev–Trinajstić information content (AvgIpc) is 2.92. The Bertz CT molecular complexity index is 609. The number of piperazine rings is 1. The number of hydrogen-bond donors (Lipinski definition) is 1. The van der Waals surface area contributed by atoms with Crippen LogP contribution in [0.15, 0.2) is 22.0 Å². The molecule has 1 fully saturated rings. The van der Waals surface area contributed by atoms with Crippen molar-refractivity contribution < 1.29 is 0 Å². The van der Waals surface area contributed by atoms with Crippen LogP contribution in [0.3, 0.4) is 0 Å². The van der Waals surface area contributed by atoms with Crippen molar-refractivity contribution >= 4 is 11.9 Å². The molecule has 1 atom stereocenters. The lowest BCUT2D eigenvalue weighted by Crippen LogP contribution is -2.52. The Morgan fingerprint density at radius 3 is 2.91 bits per heavy atom. The fourth-order valence-electron chi connectivity index (χ4n) is 2.78. The van der Waals surface area contributed by atoms with Crippen LogP contribution in [0.1, 0.15) is 6.92 Å². The first kappa shape index (κ1) is 14.6. The number of fused-ring (bicyclic) bond motifs is 1. The third-order valence-corrected chi connectivity index (χ3v) is 3.86. The maximum Gasteiger partial charge on any atom is 0.180 e. The molecule has 0 bridgehead atoms. The highest BCUT2D eigenvalue weighted by Crippen LogP contribution is 2.25. The van der Waals surface area contributed by atoms with Crippen LogP contribution < -0.4 is 5.32 Å². The highest BCUT2D eigenvalue weighted by atomic mass is 15.5. The zero-order valence-corrected chi connectivity index (χ0v) is 12.8. The van der Waals surface area contributed by atoms with Gasteiger partial charge in [0.1, 0.15) is 12.3 Å². The van der Waals surface area contributed by atoms with Crippen molar-refractivity contribution in [3.63, 3.8) is 0 Å². The minimum Gasteiger partial charge on any atom is -0.323 e. The maximum atomic E-state index is 5.38. The van der Waals surface area contributed by atoms with Gasteiger partial charge in [0.25, 0.3) is 0 Å². The van der Waals surface area contributed by atoms with Gasteiger partial charge in [-0.15, -0.1) is 12.3 Å². The number of nitrogens with zero attached hydrogens (tertiary/aromatic N) is 5. The van der Waals surface area contributed by atoms with Gasteiger partial charge in [-0.05, 0) is 6.92 Å². The zero-order chi connectivity index (χ0) is 15.4. The number of allylic oxidation sites excluding steroid dienone is 1. The van der Waals surface area contributed by atoms with Crippen molar-refractivity contribution in [2.45, 2.75) is 13.2 Å². The lowest BCUT2D eigenvalue weighted by atomic mass is 10.2. The predicted octanol–water partition coefficient (Wildman–Crippen LogP) is -0.269. The minimum atomic E-state index is 0.00133. The van der Waals surface area contributed by atoms with Gasteiger partial charge >= 0.3 is 0 Å². The molecule has 1 N–H and O–H groups in total. The molecule has 0 aromatic carbocycles. The topological polar surface area (TPSA) is 46.5 Å². The van der Waals surface area contributed by atoms with Gasteiger partial charge in [-0.3, -0.25) is 9.91 Å². The Kier molecular flexibility index (Phi) is 4.43. The summed E-state index contributed by atoms with van der Waals surface area (Å²) in [6.07, 6.45) is 9.14. The molecule has 6 nitrogen and oxygen atoms in total. The van der Waals surface area contributed by atoms with E-state index in [1.165, 1.54) is 0 Å². The number of hydrogen-bond acceptors (Lipinski definition) is 6. The molecule has 3 heterocycles. The van der Waals surface area contributed by atoms with E-state index in [0.29, 0.717) is 13.1 Å². The molecule has 3 aliphatic rings. The first-order valence-electron chi connectivity index (χ1n) is 7.48. The van der Waals surface area contributed by atoms with E-state index in [0.717, 1.165) is 37.6 Å². The largest absolute Gasteiger partial charge is 0.323 e. The highest BCUT2D eigenvalue weighted by molar-refractivity contribution is 6.39. The summed E-state index contributed by atoms with van der Waals surface area (Å²) in [5.74, 6) is 8.74. The number of aliphatic imine (C=N–C) groups is 1. The summed E-state index contributed by atoms with van der Waals surface area (Å²) in [6, 6.07) is 0. The third-order valence-electron chi connectivity index (χ3n) is 3.86. The Hall–Kier alpha value is -2.28. The highest BCUT2D eigenvalue weighted by Gasteiger charge is 2.35. The summed E-state index contributed by atoms with van der Waals surface area (Å²) in [5.41, 5.74) is 1.96. The molecule has 3 aliphatic heterocycles. The van der Waals surface area contributed by atoms with Crippen molar-refractivity contribution in [3.8, 4) is 24.2 Å². The number of nitrogens with one attached hydrogen (secondary N) is 1. The zero-order valence-electron chi connectivity index (χ0n) is 12.8. The molecular weight excluding hydrogens is 276 g/mol. The molecule has 1 unspecified atom stereocenters. The van der Waals surface area contributed by atoms with E-state index >= 15 is 0 Å². The monoisotopic (exact) mass is 296 g/mol. The van der Waals surface area contributed by atoms with Crippen LogP contribution in [0.25, 0.3) is 0 Å². The molecule has 0 saturated carbocycles. The summed E-state index contributed by atoms with van der Waals surface area (Å²) in [5, 5.41) is 9.46. The number of hydrazone groups is 1. The second kappa shape index (κ2) is 6.65.